The van der Waals surface area contributed by atoms with Crippen LogP contribution in [0.5, 0.6) is 0 Å². The van der Waals surface area contributed by atoms with Crippen molar-refractivity contribution in [3.8, 4) is 0 Å². The van der Waals surface area contributed by atoms with Crippen molar-refractivity contribution in [2.75, 3.05) is 0 Å². The third-order valence-electron chi connectivity index (χ3n) is 4.01. The van der Waals surface area contributed by atoms with Gasteiger partial charge >= 0.3 is 0 Å². The lowest BCUT2D eigenvalue weighted by Crippen LogP contribution is -2.34. The molecule has 2 aliphatic carbocycles. The number of rotatable bonds is 0. The van der Waals surface area contributed by atoms with E-state index >= 15 is 0 Å². The number of aliphatic hydroxyl groups excluding tert-OH is 2. The topological polar surface area (TPSA) is 40.5 Å². The summed E-state index contributed by atoms with van der Waals surface area (Å²) >= 11 is 0. The van der Waals surface area contributed by atoms with E-state index in [0.717, 1.165) is 31.3 Å². The number of hydrogen-bond acceptors (Lipinski definition) is 2. The number of hydrogen-bond donors (Lipinski definition) is 2. The average Bonchev–Trinajstić information content (AvgIpc) is 2.39. The van der Waals surface area contributed by atoms with Crippen molar-refractivity contribution >= 4 is 0 Å². The van der Waals surface area contributed by atoms with Gasteiger partial charge in [-0.2, -0.15) is 0 Å². The second kappa shape index (κ2) is 2.82. The van der Waals surface area contributed by atoms with E-state index in [9.17, 15) is 10.2 Å². The fourth-order valence-corrected chi connectivity index (χ4v) is 2.91. The zero-order valence-corrected chi connectivity index (χ0v) is 8.38. The molecule has 3 atom stereocenters. The molecule has 0 aromatic heterocycles. The molecule has 2 aliphatic rings. The maximum absolute atomic E-state index is 9.87. The van der Waals surface area contributed by atoms with Gasteiger partial charge in [0.05, 0.1) is 12.2 Å². The fourth-order valence-electron chi connectivity index (χ4n) is 2.91. The van der Waals surface area contributed by atoms with Crippen LogP contribution < -0.4 is 0 Å². The molecule has 13 heavy (non-hydrogen) atoms. The molecule has 2 N–H and O–H groups in total. The van der Waals surface area contributed by atoms with Crippen molar-refractivity contribution in [1.82, 2.24) is 0 Å². The van der Waals surface area contributed by atoms with E-state index in [4.69, 9.17) is 0 Å². The van der Waals surface area contributed by atoms with Crippen LogP contribution in [0.15, 0.2) is 11.1 Å². The zero-order valence-electron chi connectivity index (χ0n) is 8.38. The van der Waals surface area contributed by atoms with Crippen LogP contribution in [-0.4, -0.2) is 22.4 Å². The van der Waals surface area contributed by atoms with Gasteiger partial charge in [0.15, 0.2) is 0 Å². The van der Waals surface area contributed by atoms with Gasteiger partial charge in [-0.1, -0.05) is 12.5 Å². The highest BCUT2D eigenvalue weighted by Crippen LogP contribution is 2.51. The van der Waals surface area contributed by atoms with Gasteiger partial charge in [0, 0.05) is 5.41 Å². The molecule has 0 aromatic carbocycles. The van der Waals surface area contributed by atoms with Gasteiger partial charge in [-0.3, -0.25) is 0 Å². The monoisotopic (exact) mass is 182 g/mol. The molecular weight excluding hydrogens is 164 g/mol. The summed E-state index contributed by atoms with van der Waals surface area (Å²) in [5, 5.41) is 19.6. The van der Waals surface area contributed by atoms with Gasteiger partial charge in [-0.25, -0.2) is 0 Å². The van der Waals surface area contributed by atoms with Crippen LogP contribution in [0, 0.1) is 5.41 Å². The standard InChI is InChI=1S/C11H18O2/c1-7-8-3-4-10(13)11(8,2)6-5-9(7)12/h9-10,12-13H,3-6H2,1-2H3. The summed E-state index contributed by atoms with van der Waals surface area (Å²) in [5.41, 5.74) is 2.41. The SMILES string of the molecule is CC1=C2CCC(O)C2(C)CCC1O. The zero-order chi connectivity index (χ0) is 9.64. The molecule has 0 aromatic rings. The molecule has 2 rings (SSSR count). The van der Waals surface area contributed by atoms with E-state index in [-0.39, 0.29) is 17.6 Å². The molecule has 0 heterocycles. The van der Waals surface area contributed by atoms with Crippen molar-refractivity contribution < 1.29 is 10.2 Å². The summed E-state index contributed by atoms with van der Waals surface area (Å²) in [6, 6.07) is 0. The minimum atomic E-state index is -0.256. The summed E-state index contributed by atoms with van der Waals surface area (Å²) in [6.07, 6.45) is 3.14. The highest BCUT2D eigenvalue weighted by molar-refractivity contribution is 5.31. The predicted molar refractivity (Wildman–Crippen MR) is 51.3 cm³/mol. The summed E-state index contributed by atoms with van der Waals surface area (Å²) in [4.78, 5) is 0. The van der Waals surface area contributed by atoms with Crippen molar-refractivity contribution in [3.05, 3.63) is 11.1 Å². The van der Waals surface area contributed by atoms with Crippen molar-refractivity contribution in [2.45, 2.75) is 51.7 Å². The third-order valence-corrected chi connectivity index (χ3v) is 4.01. The Bertz CT molecular complexity index is 257. The molecular formula is C11H18O2. The van der Waals surface area contributed by atoms with Gasteiger partial charge in [-0.15, -0.1) is 0 Å². The molecule has 1 fully saturated rings. The lowest BCUT2D eigenvalue weighted by atomic mass is 9.71. The van der Waals surface area contributed by atoms with Crippen LogP contribution in [0.4, 0.5) is 0 Å². The molecule has 0 radical (unpaired) electrons. The molecule has 2 nitrogen and oxygen atoms in total. The largest absolute Gasteiger partial charge is 0.392 e. The van der Waals surface area contributed by atoms with Crippen LogP contribution >= 0.6 is 0 Å². The maximum atomic E-state index is 9.87. The first-order valence-corrected chi connectivity index (χ1v) is 5.12. The molecule has 3 unspecified atom stereocenters. The van der Waals surface area contributed by atoms with E-state index in [0.29, 0.717) is 0 Å². The van der Waals surface area contributed by atoms with Crippen LogP contribution in [0.3, 0.4) is 0 Å². The summed E-state index contributed by atoms with van der Waals surface area (Å²) in [6.45, 7) is 4.14. The van der Waals surface area contributed by atoms with Crippen LogP contribution in [0.1, 0.15) is 39.5 Å². The van der Waals surface area contributed by atoms with Gasteiger partial charge in [0.25, 0.3) is 0 Å². The molecule has 2 heteroatoms. The van der Waals surface area contributed by atoms with E-state index in [2.05, 4.69) is 6.92 Å². The second-order valence-corrected chi connectivity index (χ2v) is 4.69. The average molecular weight is 182 g/mol. The second-order valence-electron chi connectivity index (χ2n) is 4.69. The maximum Gasteiger partial charge on any atom is 0.0750 e. The number of fused-ring (bicyclic) bond motifs is 1. The summed E-state index contributed by atoms with van der Waals surface area (Å²) < 4.78 is 0. The Balaban J connectivity index is 2.42. The lowest BCUT2D eigenvalue weighted by molar-refractivity contribution is 0.0563. The Kier molecular flexibility index (Phi) is 2.00. The molecule has 0 amide bonds. The first-order valence-electron chi connectivity index (χ1n) is 5.12. The van der Waals surface area contributed by atoms with E-state index in [1.807, 2.05) is 6.92 Å². The Morgan fingerprint density at radius 1 is 1.31 bits per heavy atom. The Morgan fingerprint density at radius 3 is 2.69 bits per heavy atom. The molecule has 0 spiro atoms. The van der Waals surface area contributed by atoms with Gasteiger partial charge in [-0.05, 0) is 38.2 Å². The first kappa shape index (κ1) is 9.22. The minimum Gasteiger partial charge on any atom is -0.392 e. The van der Waals surface area contributed by atoms with E-state index in [1.54, 1.807) is 0 Å². The molecule has 0 saturated heterocycles. The molecule has 0 bridgehead atoms. The minimum absolute atomic E-state index is 0.0245. The smallest absolute Gasteiger partial charge is 0.0750 e. The van der Waals surface area contributed by atoms with Crippen molar-refractivity contribution in [3.63, 3.8) is 0 Å². The lowest BCUT2D eigenvalue weighted by Gasteiger charge is -2.37. The van der Waals surface area contributed by atoms with Crippen LogP contribution in [-0.2, 0) is 0 Å². The van der Waals surface area contributed by atoms with Crippen LogP contribution in [0.25, 0.3) is 0 Å². The van der Waals surface area contributed by atoms with E-state index < -0.39 is 0 Å². The van der Waals surface area contributed by atoms with Crippen molar-refractivity contribution in [2.24, 2.45) is 5.41 Å². The Hall–Kier alpha value is -0.340. The third kappa shape index (κ3) is 1.16. The van der Waals surface area contributed by atoms with Gasteiger partial charge in [0.2, 0.25) is 0 Å². The molecule has 1 saturated carbocycles. The highest BCUT2D eigenvalue weighted by Gasteiger charge is 2.45. The summed E-state index contributed by atoms with van der Waals surface area (Å²) in [7, 11) is 0. The predicted octanol–water partition coefficient (Wildman–Crippen LogP) is 1.62. The van der Waals surface area contributed by atoms with Crippen molar-refractivity contribution in [1.29, 1.82) is 0 Å². The number of aliphatic hydroxyl groups is 2. The Morgan fingerprint density at radius 2 is 2.00 bits per heavy atom. The highest BCUT2D eigenvalue weighted by atomic mass is 16.3. The van der Waals surface area contributed by atoms with Gasteiger partial charge < -0.3 is 10.2 Å². The van der Waals surface area contributed by atoms with Gasteiger partial charge in [0.1, 0.15) is 0 Å². The van der Waals surface area contributed by atoms with E-state index in [1.165, 1.54) is 5.57 Å². The Labute approximate surface area is 79.3 Å². The normalized spacial score (nSPS) is 45.2. The van der Waals surface area contributed by atoms with Crippen LogP contribution in [0.2, 0.25) is 0 Å². The first-order chi connectivity index (χ1) is 6.05. The molecule has 74 valence electrons. The summed E-state index contributed by atoms with van der Waals surface area (Å²) in [5.74, 6) is 0. The molecule has 0 aliphatic heterocycles. The quantitative estimate of drug-likeness (QED) is 0.559. The fraction of sp³-hybridized carbons (Fsp3) is 0.818.